The van der Waals surface area contributed by atoms with Gasteiger partial charge in [0.05, 0.1) is 60.9 Å². The molecule has 0 aliphatic rings. The van der Waals surface area contributed by atoms with E-state index >= 15 is 0 Å². The monoisotopic (exact) mass is 691 g/mol. The fourth-order valence-corrected chi connectivity index (χ4v) is 9.14. The number of nitrogens with zero attached hydrogens (tertiary/aromatic N) is 7. The molecule has 0 aliphatic carbocycles. The number of benzene rings is 7. The van der Waals surface area contributed by atoms with Crippen LogP contribution in [0.1, 0.15) is 0 Å². The lowest BCUT2D eigenvalue weighted by Gasteiger charge is -2.11. The van der Waals surface area contributed by atoms with E-state index in [1.165, 1.54) is 32.8 Å². The number of imidazole rings is 4. The van der Waals surface area contributed by atoms with Crippen molar-refractivity contribution >= 4 is 83.0 Å². The molecule has 0 amide bonds. The number of para-hydroxylation sites is 8. The molecule has 0 fully saturated rings. The summed E-state index contributed by atoms with van der Waals surface area (Å²) < 4.78 is 14.2. The van der Waals surface area contributed by atoms with Crippen LogP contribution in [0.25, 0.3) is 100 Å². The highest BCUT2D eigenvalue weighted by atomic mass is 15.2. The van der Waals surface area contributed by atoms with Gasteiger partial charge in [-0.1, -0.05) is 78.9 Å². The molecule has 7 aromatic carbocycles. The molecule has 0 saturated heterocycles. The molecule has 7 heteroatoms. The van der Waals surface area contributed by atoms with Gasteiger partial charge in [-0.2, -0.15) is 0 Å². The molecule has 6 aromatic heterocycles. The highest BCUT2D eigenvalue weighted by molar-refractivity contribution is 5.99. The van der Waals surface area contributed by atoms with Gasteiger partial charge in [-0.05, 0) is 97.1 Å². The second-order valence-corrected chi connectivity index (χ2v) is 14.2. The maximum Gasteiger partial charge on any atom is 0.220 e. The predicted molar refractivity (Wildman–Crippen MR) is 220 cm³/mol. The lowest BCUT2D eigenvalue weighted by Crippen LogP contribution is -1.99. The van der Waals surface area contributed by atoms with Gasteiger partial charge in [0.1, 0.15) is 11.3 Å². The van der Waals surface area contributed by atoms with E-state index in [9.17, 15) is 0 Å². The molecule has 6 heterocycles. The van der Waals surface area contributed by atoms with Crippen LogP contribution in [0.5, 0.6) is 0 Å². The van der Waals surface area contributed by atoms with E-state index in [1.807, 2.05) is 0 Å². The molecule has 0 radical (unpaired) electrons. The van der Waals surface area contributed by atoms with Crippen molar-refractivity contribution in [2.45, 2.75) is 0 Å². The Morgan fingerprint density at radius 3 is 1.46 bits per heavy atom. The molecule has 7 nitrogen and oxygen atoms in total. The molecule has 0 atom stereocenters. The highest BCUT2D eigenvalue weighted by Crippen LogP contribution is 2.37. The Morgan fingerprint density at radius 1 is 0.296 bits per heavy atom. The molecule has 0 N–H and O–H groups in total. The highest BCUT2D eigenvalue weighted by Gasteiger charge is 2.21. The Kier molecular flexibility index (Phi) is 5.25. The third-order valence-corrected chi connectivity index (χ3v) is 11.4. The van der Waals surface area contributed by atoms with Crippen molar-refractivity contribution in [3.05, 3.63) is 176 Å². The van der Waals surface area contributed by atoms with Gasteiger partial charge in [-0.15, -0.1) is 0 Å². The van der Waals surface area contributed by atoms with Crippen molar-refractivity contribution in [2.75, 3.05) is 0 Å². The van der Waals surface area contributed by atoms with Crippen molar-refractivity contribution in [3.8, 4) is 17.1 Å². The second-order valence-electron chi connectivity index (χ2n) is 14.2. The van der Waals surface area contributed by atoms with Gasteiger partial charge < -0.3 is 0 Å². The van der Waals surface area contributed by atoms with Crippen LogP contribution in [0.2, 0.25) is 0 Å². The molecule has 0 bridgehead atoms. The van der Waals surface area contributed by atoms with Crippen LogP contribution in [0.3, 0.4) is 0 Å². The first kappa shape index (κ1) is 28.1. The Balaban J connectivity index is 1.09. The van der Waals surface area contributed by atoms with Crippen LogP contribution in [-0.4, -0.2) is 31.9 Å². The molecule has 0 spiro atoms. The minimum Gasteiger partial charge on any atom is -0.294 e. The third kappa shape index (κ3) is 3.53. The first-order chi connectivity index (χ1) is 26.8. The molecular weight excluding hydrogens is 663 g/mol. The van der Waals surface area contributed by atoms with Crippen LogP contribution >= 0.6 is 0 Å². The van der Waals surface area contributed by atoms with E-state index in [0.717, 1.165) is 67.2 Å². The number of fused-ring (bicyclic) bond motifs is 15. The normalized spacial score (nSPS) is 12.4. The average molecular weight is 692 g/mol. The van der Waals surface area contributed by atoms with Crippen molar-refractivity contribution in [3.63, 3.8) is 0 Å². The SMILES string of the molecule is c1cc(-n2c3ccc(-n4c5ccccc5n5c6ccccc6cc45)cc3n3c4ccccc4cc23)cc(-n2c3ccccc3n3c4ccccc4nc23)c1. The fraction of sp³-hybridized carbons (Fsp3) is 0. The van der Waals surface area contributed by atoms with Crippen molar-refractivity contribution in [1.29, 1.82) is 0 Å². The van der Waals surface area contributed by atoms with Crippen molar-refractivity contribution < 1.29 is 0 Å². The molecule has 0 saturated carbocycles. The summed E-state index contributed by atoms with van der Waals surface area (Å²) in [5.74, 6) is 0.901. The Hall–Kier alpha value is -7.51. The molecule has 252 valence electrons. The quantitative estimate of drug-likeness (QED) is 0.182. The zero-order chi connectivity index (χ0) is 35.1. The summed E-state index contributed by atoms with van der Waals surface area (Å²) in [7, 11) is 0. The fourth-order valence-electron chi connectivity index (χ4n) is 9.14. The van der Waals surface area contributed by atoms with E-state index in [0.29, 0.717) is 0 Å². The average Bonchev–Trinajstić information content (AvgIpc) is 4.05. The van der Waals surface area contributed by atoms with E-state index in [4.69, 9.17) is 4.98 Å². The summed E-state index contributed by atoms with van der Waals surface area (Å²) >= 11 is 0. The molecule has 0 unspecified atom stereocenters. The maximum absolute atomic E-state index is 5.15. The summed E-state index contributed by atoms with van der Waals surface area (Å²) in [6.07, 6.45) is 0. The molecule has 0 aliphatic heterocycles. The van der Waals surface area contributed by atoms with E-state index in [2.05, 4.69) is 203 Å². The van der Waals surface area contributed by atoms with Gasteiger partial charge in [-0.25, -0.2) is 4.98 Å². The molecular formula is C47H29N7. The van der Waals surface area contributed by atoms with Gasteiger partial charge in [0.25, 0.3) is 0 Å². The zero-order valence-corrected chi connectivity index (χ0v) is 28.9. The van der Waals surface area contributed by atoms with Crippen LogP contribution in [0.4, 0.5) is 0 Å². The number of aromatic nitrogens is 7. The minimum absolute atomic E-state index is 0.901. The minimum atomic E-state index is 0.901. The lowest BCUT2D eigenvalue weighted by atomic mass is 10.2. The van der Waals surface area contributed by atoms with Gasteiger partial charge in [0.2, 0.25) is 5.78 Å². The lowest BCUT2D eigenvalue weighted by molar-refractivity contribution is 1.09. The van der Waals surface area contributed by atoms with Crippen LogP contribution in [-0.2, 0) is 0 Å². The van der Waals surface area contributed by atoms with Gasteiger partial charge in [0.15, 0.2) is 0 Å². The molecule has 54 heavy (non-hydrogen) atoms. The summed E-state index contributed by atoms with van der Waals surface area (Å²) in [4.78, 5) is 5.15. The number of hydrogen-bond donors (Lipinski definition) is 0. The van der Waals surface area contributed by atoms with Gasteiger partial charge in [0, 0.05) is 22.1 Å². The van der Waals surface area contributed by atoms with Crippen LogP contribution in [0.15, 0.2) is 176 Å². The van der Waals surface area contributed by atoms with Crippen LogP contribution < -0.4 is 0 Å². The standard InChI is InChI=1S/C47H29N7/c1-4-17-36-30(12-1)26-45-50(39-20-7-9-22-41(39)52(36)45)34-24-25-43-44(29-34)53-37-18-5-2-13-31(37)27-46(53)49(43)32-14-11-15-33(28-32)51-40-21-8-10-23-42(40)54-38-19-6-3-16-35(38)48-47(51)54/h1-29H. The van der Waals surface area contributed by atoms with Gasteiger partial charge >= 0.3 is 0 Å². The Labute approximate surface area is 307 Å². The second kappa shape index (κ2) is 10.1. The van der Waals surface area contributed by atoms with E-state index < -0.39 is 0 Å². The summed E-state index contributed by atoms with van der Waals surface area (Å²) in [6.45, 7) is 0. The van der Waals surface area contributed by atoms with E-state index in [1.54, 1.807) is 0 Å². The third-order valence-electron chi connectivity index (χ3n) is 11.4. The molecule has 13 rings (SSSR count). The summed E-state index contributed by atoms with van der Waals surface area (Å²) in [6, 6.07) is 63.4. The van der Waals surface area contributed by atoms with Crippen LogP contribution in [0, 0.1) is 0 Å². The maximum atomic E-state index is 5.15. The largest absolute Gasteiger partial charge is 0.294 e. The van der Waals surface area contributed by atoms with Crippen molar-refractivity contribution in [2.24, 2.45) is 0 Å². The summed E-state index contributed by atoms with van der Waals surface area (Å²) in [5, 5.41) is 2.44. The summed E-state index contributed by atoms with van der Waals surface area (Å²) in [5.41, 5.74) is 16.9. The first-order valence-corrected chi connectivity index (χ1v) is 18.3. The van der Waals surface area contributed by atoms with Gasteiger partial charge in [-0.3, -0.25) is 26.9 Å². The number of rotatable bonds is 3. The Bertz CT molecular complexity index is 3690. The zero-order valence-electron chi connectivity index (χ0n) is 28.9. The van der Waals surface area contributed by atoms with Crippen molar-refractivity contribution in [1.82, 2.24) is 31.9 Å². The number of hydrogen-bond acceptors (Lipinski definition) is 1. The Morgan fingerprint density at radius 2 is 0.778 bits per heavy atom. The van der Waals surface area contributed by atoms with E-state index in [-0.39, 0.29) is 0 Å². The smallest absolute Gasteiger partial charge is 0.220 e. The first-order valence-electron chi connectivity index (χ1n) is 18.3. The topological polar surface area (TPSA) is 40.9 Å². The molecule has 13 aromatic rings. The predicted octanol–water partition coefficient (Wildman–Crippen LogP) is 11.1.